The lowest BCUT2D eigenvalue weighted by Crippen LogP contribution is -2.58. The highest BCUT2D eigenvalue weighted by molar-refractivity contribution is 7.90. The molecule has 1 aromatic rings. The third-order valence-electron chi connectivity index (χ3n) is 7.93. The SMILES string of the molecule is COc1cccc(S(=O)(=O)NC(=O)[C@@]23C[C@H]2C=C=CCCCCC[C@H](NC(=O)OC(C)(C)C)C(=O)N2CCC[C@H]2C(=O)N3)c1. The van der Waals surface area contributed by atoms with Gasteiger partial charge in [0, 0.05) is 18.5 Å². The largest absolute Gasteiger partial charge is 0.497 e. The number of methoxy groups -OCH3 is 1. The minimum Gasteiger partial charge on any atom is -0.497 e. The zero-order chi connectivity index (χ0) is 32.1. The van der Waals surface area contributed by atoms with Crippen molar-refractivity contribution in [3.63, 3.8) is 0 Å². The molecular weight excluding hydrogens is 588 g/mol. The van der Waals surface area contributed by atoms with Gasteiger partial charge in [0.15, 0.2) is 0 Å². The first kappa shape index (κ1) is 33.1. The van der Waals surface area contributed by atoms with E-state index in [-0.39, 0.29) is 11.3 Å². The second-order valence-corrected chi connectivity index (χ2v) is 14.1. The van der Waals surface area contributed by atoms with Crippen molar-refractivity contribution >= 4 is 33.8 Å². The second kappa shape index (κ2) is 13.4. The summed E-state index contributed by atoms with van der Waals surface area (Å²) in [4.78, 5) is 54.9. The van der Waals surface area contributed by atoms with E-state index in [1.807, 2.05) is 6.08 Å². The molecule has 2 fully saturated rings. The first-order chi connectivity index (χ1) is 20.8. The molecule has 3 aliphatic rings. The van der Waals surface area contributed by atoms with Crippen LogP contribution in [-0.4, -0.2) is 74.0 Å². The van der Waals surface area contributed by atoms with Gasteiger partial charge in [-0.25, -0.2) is 17.9 Å². The summed E-state index contributed by atoms with van der Waals surface area (Å²) >= 11 is 0. The molecule has 4 atom stereocenters. The van der Waals surface area contributed by atoms with Gasteiger partial charge in [0.1, 0.15) is 29.0 Å². The number of sulfonamides is 1. The van der Waals surface area contributed by atoms with Crippen molar-refractivity contribution in [2.75, 3.05) is 13.7 Å². The first-order valence-electron chi connectivity index (χ1n) is 15.0. The number of rotatable bonds is 5. The topological polar surface area (TPSA) is 160 Å². The number of carbonyl (C=O) groups is 4. The number of nitrogens with zero attached hydrogens (tertiary/aromatic N) is 1. The average molecular weight is 631 g/mol. The Morgan fingerprint density at radius 3 is 2.61 bits per heavy atom. The van der Waals surface area contributed by atoms with Crippen LogP contribution in [-0.2, 0) is 29.1 Å². The van der Waals surface area contributed by atoms with Crippen molar-refractivity contribution in [3.8, 4) is 5.75 Å². The predicted octanol–water partition coefficient (Wildman–Crippen LogP) is 2.93. The van der Waals surface area contributed by atoms with Crippen LogP contribution in [0.1, 0.15) is 72.1 Å². The van der Waals surface area contributed by atoms with Gasteiger partial charge in [0.25, 0.3) is 15.9 Å². The molecule has 1 saturated heterocycles. The molecule has 4 amide bonds. The molecule has 3 N–H and O–H groups in total. The van der Waals surface area contributed by atoms with Crippen molar-refractivity contribution < 1.29 is 37.1 Å². The standard InChI is InChI=1S/C31H42N4O8S/c1-30(2,3)43-29(39)32-24-16-10-8-6-5-7-9-13-21-20-31(21,33-26(36)25-17-12-18-35(25)27(24)37)28(38)34-44(40,41)23-15-11-14-22(19-23)42-4/h7,11,13-15,19,21,24-25H,5-6,8,10,12,16-18,20H2,1-4H3,(H,32,39)(H,33,36)(H,34,38)/t9?,21-,24+,25+,31-/m1/s1. The van der Waals surface area contributed by atoms with E-state index in [0.717, 1.165) is 12.8 Å². The van der Waals surface area contributed by atoms with Crippen LogP contribution in [0.25, 0.3) is 0 Å². The zero-order valence-corrected chi connectivity index (χ0v) is 26.5. The Labute approximate surface area is 258 Å². The highest BCUT2D eigenvalue weighted by Crippen LogP contribution is 2.45. The van der Waals surface area contributed by atoms with E-state index in [1.165, 1.54) is 30.2 Å². The first-order valence-corrected chi connectivity index (χ1v) is 16.5. The van der Waals surface area contributed by atoms with Gasteiger partial charge >= 0.3 is 6.09 Å². The molecule has 0 bridgehead atoms. The lowest BCUT2D eigenvalue weighted by atomic mass is 10.0. The van der Waals surface area contributed by atoms with Crippen molar-refractivity contribution in [3.05, 3.63) is 42.1 Å². The number of hydrogen-bond donors (Lipinski definition) is 3. The lowest BCUT2D eigenvalue weighted by Gasteiger charge is -2.30. The summed E-state index contributed by atoms with van der Waals surface area (Å²) in [6, 6.07) is 3.93. The molecule has 44 heavy (non-hydrogen) atoms. The molecule has 13 heteroatoms. The number of alkyl carbamates (subject to hydrolysis) is 1. The van der Waals surface area contributed by atoms with E-state index in [1.54, 1.807) is 32.9 Å². The van der Waals surface area contributed by atoms with Crippen LogP contribution in [0.5, 0.6) is 5.75 Å². The smallest absolute Gasteiger partial charge is 0.408 e. The van der Waals surface area contributed by atoms with Crippen molar-refractivity contribution in [1.82, 2.24) is 20.3 Å². The third kappa shape index (κ3) is 8.00. The van der Waals surface area contributed by atoms with Gasteiger partial charge < -0.3 is 25.0 Å². The maximum Gasteiger partial charge on any atom is 0.408 e. The summed E-state index contributed by atoms with van der Waals surface area (Å²) in [5.74, 6) is -2.03. The van der Waals surface area contributed by atoms with Crippen LogP contribution in [0.2, 0.25) is 0 Å². The van der Waals surface area contributed by atoms with Gasteiger partial charge in [-0.2, -0.15) is 0 Å². The van der Waals surface area contributed by atoms with Crippen molar-refractivity contribution in [2.24, 2.45) is 5.92 Å². The van der Waals surface area contributed by atoms with Crippen LogP contribution in [0.3, 0.4) is 0 Å². The fourth-order valence-corrected chi connectivity index (χ4v) is 6.62. The molecule has 0 unspecified atom stereocenters. The van der Waals surface area contributed by atoms with E-state index in [2.05, 4.69) is 21.1 Å². The highest BCUT2D eigenvalue weighted by Gasteiger charge is 2.61. The molecule has 0 aromatic heterocycles. The number of nitrogens with one attached hydrogen (secondary N) is 3. The number of carbonyl (C=O) groups excluding carboxylic acids is 4. The maximum absolute atomic E-state index is 13.8. The van der Waals surface area contributed by atoms with Crippen LogP contribution in [0, 0.1) is 5.92 Å². The van der Waals surface area contributed by atoms with Gasteiger partial charge in [0.05, 0.1) is 12.0 Å². The number of hydrogen-bond acceptors (Lipinski definition) is 8. The summed E-state index contributed by atoms with van der Waals surface area (Å²) in [7, 11) is -2.89. The van der Waals surface area contributed by atoms with Gasteiger partial charge in [-0.1, -0.05) is 18.9 Å². The molecule has 12 nitrogen and oxygen atoms in total. The van der Waals surface area contributed by atoms with Gasteiger partial charge in [-0.3, -0.25) is 14.4 Å². The average Bonchev–Trinajstić information content (AvgIpc) is 3.41. The number of benzene rings is 1. The number of fused-ring (bicyclic) bond motifs is 2. The van der Waals surface area contributed by atoms with E-state index < -0.39 is 63.0 Å². The molecule has 1 saturated carbocycles. The molecule has 0 radical (unpaired) electrons. The van der Waals surface area contributed by atoms with E-state index >= 15 is 0 Å². The van der Waals surface area contributed by atoms with Crippen LogP contribution in [0.15, 0.2) is 47.0 Å². The normalized spacial score (nSPS) is 26.2. The Bertz CT molecular complexity index is 1450. The van der Waals surface area contributed by atoms with E-state index in [4.69, 9.17) is 9.47 Å². The Hall–Kier alpha value is -3.83. The van der Waals surface area contributed by atoms with Gasteiger partial charge in [0.2, 0.25) is 11.8 Å². The lowest BCUT2D eigenvalue weighted by molar-refractivity contribution is -0.141. The molecule has 2 aliphatic heterocycles. The Morgan fingerprint density at radius 1 is 1.11 bits per heavy atom. The van der Waals surface area contributed by atoms with Crippen LogP contribution in [0.4, 0.5) is 4.79 Å². The maximum atomic E-state index is 13.8. The van der Waals surface area contributed by atoms with Gasteiger partial charge in [-0.15, -0.1) is 5.73 Å². The van der Waals surface area contributed by atoms with Crippen molar-refractivity contribution in [2.45, 2.75) is 100 Å². The van der Waals surface area contributed by atoms with E-state index in [0.29, 0.717) is 44.4 Å². The predicted molar refractivity (Wildman–Crippen MR) is 161 cm³/mol. The molecule has 2 heterocycles. The quantitative estimate of drug-likeness (QED) is 0.419. The van der Waals surface area contributed by atoms with Crippen LogP contribution < -0.4 is 20.1 Å². The summed E-state index contributed by atoms with van der Waals surface area (Å²) in [6.45, 7) is 5.50. The fraction of sp³-hybridized carbons (Fsp3) is 0.581. The van der Waals surface area contributed by atoms with Gasteiger partial charge in [-0.05, 0) is 83.6 Å². The summed E-state index contributed by atoms with van der Waals surface area (Å²) < 4.78 is 38.9. The number of amides is 4. The minimum atomic E-state index is -4.29. The minimum absolute atomic E-state index is 0.162. The Morgan fingerprint density at radius 2 is 1.89 bits per heavy atom. The van der Waals surface area contributed by atoms with Crippen molar-refractivity contribution in [1.29, 1.82) is 0 Å². The summed E-state index contributed by atoms with van der Waals surface area (Å²) in [5.41, 5.74) is 0.799. The molecular formula is C31H42N4O8S. The zero-order valence-electron chi connectivity index (χ0n) is 25.7. The second-order valence-electron chi connectivity index (χ2n) is 12.4. The Kier molecular flexibility index (Phi) is 10.1. The van der Waals surface area contributed by atoms with Crippen LogP contribution >= 0.6 is 0 Å². The number of ether oxygens (including phenoxy) is 2. The molecule has 1 aromatic carbocycles. The molecule has 0 spiro atoms. The highest BCUT2D eigenvalue weighted by atomic mass is 32.2. The summed E-state index contributed by atoms with van der Waals surface area (Å²) in [6.07, 6.45) is 7.27. The molecule has 1 aliphatic carbocycles. The van der Waals surface area contributed by atoms with E-state index in [9.17, 15) is 27.6 Å². The third-order valence-corrected chi connectivity index (χ3v) is 9.26. The fourth-order valence-electron chi connectivity index (χ4n) is 5.54. The molecule has 240 valence electrons. The molecule has 4 rings (SSSR count). The monoisotopic (exact) mass is 630 g/mol. The Balaban J connectivity index is 1.59. The summed E-state index contributed by atoms with van der Waals surface area (Å²) in [5, 5.41) is 5.49.